The Balaban J connectivity index is 3.06. The lowest BCUT2D eigenvalue weighted by Gasteiger charge is -2.05. The SMILES string of the molecule is O=P(O)(O)OCCCCCCCCCCCCCC(=S)S. The molecule has 0 amide bonds. The van der Waals surface area contributed by atoms with Gasteiger partial charge in [-0.2, -0.15) is 0 Å². The largest absolute Gasteiger partial charge is 0.469 e. The van der Waals surface area contributed by atoms with Gasteiger partial charge in [0, 0.05) is 4.20 Å². The Hall–Kier alpha value is 0.550. The van der Waals surface area contributed by atoms with E-state index < -0.39 is 7.82 Å². The van der Waals surface area contributed by atoms with Gasteiger partial charge in [-0.3, -0.25) is 4.52 Å². The van der Waals surface area contributed by atoms with Gasteiger partial charge in [-0.15, -0.1) is 12.6 Å². The van der Waals surface area contributed by atoms with E-state index in [2.05, 4.69) is 17.2 Å². The van der Waals surface area contributed by atoms with E-state index in [-0.39, 0.29) is 6.61 Å². The zero-order valence-corrected chi connectivity index (χ0v) is 15.3. The van der Waals surface area contributed by atoms with Crippen LogP contribution in [0.4, 0.5) is 0 Å². The average Bonchev–Trinajstić information content (AvgIpc) is 2.37. The van der Waals surface area contributed by atoms with Crippen LogP contribution in [-0.4, -0.2) is 20.6 Å². The maximum Gasteiger partial charge on any atom is 0.469 e. The minimum Gasteiger partial charge on any atom is -0.303 e. The van der Waals surface area contributed by atoms with Crippen molar-refractivity contribution in [2.75, 3.05) is 6.61 Å². The van der Waals surface area contributed by atoms with Gasteiger partial charge in [-0.25, -0.2) is 4.57 Å². The van der Waals surface area contributed by atoms with Gasteiger partial charge in [0.05, 0.1) is 6.61 Å². The highest BCUT2D eigenvalue weighted by molar-refractivity contribution is 8.11. The molecule has 0 rings (SSSR count). The minimum absolute atomic E-state index is 0.153. The zero-order valence-electron chi connectivity index (χ0n) is 12.7. The van der Waals surface area contributed by atoms with Crippen LogP contribution < -0.4 is 0 Å². The summed E-state index contributed by atoms with van der Waals surface area (Å²) in [7, 11) is -4.26. The molecule has 0 bridgehead atoms. The van der Waals surface area contributed by atoms with E-state index in [1.54, 1.807) is 0 Å². The molecular formula is C14H29O4PS2. The highest BCUT2D eigenvalue weighted by atomic mass is 32.1. The summed E-state index contributed by atoms with van der Waals surface area (Å²) in [5.41, 5.74) is 0. The molecule has 0 aromatic heterocycles. The lowest BCUT2D eigenvalue weighted by atomic mass is 10.1. The molecule has 0 aliphatic heterocycles. The van der Waals surface area contributed by atoms with Crippen LogP contribution in [-0.2, 0) is 9.09 Å². The van der Waals surface area contributed by atoms with Crippen LogP contribution in [0.3, 0.4) is 0 Å². The Bertz CT molecular complexity index is 307. The lowest BCUT2D eigenvalue weighted by Crippen LogP contribution is -1.92. The van der Waals surface area contributed by atoms with Gasteiger partial charge in [0.1, 0.15) is 0 Å². The second-order valence-corrected chi connectivity index (χ2v) is 7.93. The first kappa shape index (κ1) is 21.6. The summed E-state index contributed by atoms with van der Waals surface area (Å²) in [5.74, 6) is 0. The molecule has 0 radical (unpaired) electrons. The Kier molecular flexibility index (Phi) is 14.5. The molecule has 0 unspecified atom stereocenters. The summed E-state index contributed by atoms with van der Waals surface area (Å²) in [6.45, 7) is 0.153. The predicted octanol–water partition coefficient (Wildman–Crippen LogP) is 5.03. The maximum atomic E-state index is 10.4. The van der Waals surface area contributed by atoms with E-state index in [9.17, 15) is 4.57 Å². The highest BCUT2D eigenvalue weighted by Crippen LogP contribution is 2.35. The van der Waals surface area contributed by atoms with Crippen LogP contribution in [0, 0.1) is 0 Å². The number of rotatable bonds is 15. The Morgan fingerprint density at radius 2 is 1.24 bits per heavy atom. The lowest BCUT2D eigenvalue weighted by molar-refractivity contribution is 0.193. The number of thiocarbonyl (C=S) groups is 1. The Morgan fingerprint density at radius 1 is 0.857 bits per heavy atom. The van der Waals surface area contributed by atoms with E-state index in [1.165, 1.54) is 51.4 Å². The second-order valence-electron chi connectivity index (χ2n) is 5.36. The summed E-state index contributed by atoms with van der Waals surface area (Å²) in [6, 6.07) is 0. The van der Waals surface area contributed by atoms with Crippen molar-refractivity contribution in [2.45, 2.75) is 77.0 Å². The van der Waals surface area contributed by atoms with E-state index >= 15 is 0 Å². The number of hydrogen-bond acceptors (Lipinski definition) is 3. The number of phosphoric acid groups is 1. The molecule has 0 saturated carbocycles. The quantitative estimate of drug-likeness (QED) is 0.166. The first-order chi connectivity index (χ1) is 9.92. The molecule has 126 valence electrons. The van der Waals surface area contributed by atoms with Gasteiger partial charge in [-0.1, -0.05) is 70.0 Å². The number of thiol groups is 1. The van der Waals surface area contributed by atoms with E-state index in [1.807, 2.05) is 0 Å². The van der Waals surface area contributed by atoms with Gasteiger partial charge in [0.2, 0.25) is 0 Å². The normalized spacial score (nSPS) is 11.8. The van der Waals surface area contributed by atoms with Gasteiger partial charge < -0.3 is 9.79 Å². The summed E-state index contributed by atoms with van der Waals surface area (Å²) in [5, 5.41) is 0. The third-order valence-electron chi connectivity index (χ3n) is 3.29. The summed E-state index contributed by atoms with van der Waals surface area (Å²) in [4.78, 5) is 17.0. The molecule has 2 N–H and O–H groups in total. The molecule has 0 heterocycles. The van der Waals surface area contributed by atoms with E-state index in [0.29, 0.717) is 0 Å². The van der Waals surface area contributed by atoms with E-state index in [0.717, 1.165) is 29.9 Å². The molecule has 0 spiro atoms. The van der Waals surface area contributed by atoms with Gasteiger partial charge in [0.25, 0.3) is 0 Å². The van der Waals surface area contributed by atoms with Crippen LogP contribution in [0.1, 0.15) is 77.0 Å². The van der Waals surface area contributed by atoms with Crippen molar-refractivity contribution >= 4 is 36.9 Å². The standard InChI is InChI=1S/C14H29O4PS2/c15-19(16,17)18-13-11-9-7-5-3-1-2-4-6-8-10-12-14(20)21/h1-13H2,(H,20,21)(H2,15,16,17). The first-order valence-corrected chi connectivity index (χ1v) is 10.2. The number of hydrogen-bond donors (Lipinski definition) is 3. The molecule has 0 aromatic carbocycles. The first-order valence-electron chi connectivity index (χ1n) is 7.84. The molecule has 0 aromatic rings. The molecule has 7 heteroatoms. The summed E-state index contributed by atoms with van der Waals surface area (Å²) < 4.78 is 15.6. The Morgan fingerprint density at radius 3 is 1.62 bits per heavy atom. The predicted molar refractivity (Wildman–Crippen MR) is 95.0 cm³/mol. The smallest absolute Gasteiger partial charge is 0.303 e. The molecular weight excluding hydrogens is 327 g/mol. The fourth-order valence-electron chi connectivity index (χ4n) is 2.15. The molecule has 0 fully saturated rings. The third kappa shape index (κ3) is 20.6. The third-order valence-corrected chi connectivity index (χ3v) is 4.24. The molecule has 4 nitrogen and oxygen atoms in total. The van der Waals surface area contributed by atoms with E-state index in [4.69, 9.17) is 22.0 Å². The summed E-state index contributed by atoms with van der Waals surface area (Å²) >= 11 is 9.03. The van der Waals surface area contributed by atoms with Crippen molar-refractivity contribution < 1.29 is 18.9 Å². The van der Waals surface area contributed by atoms with Crippen molar-refractivity contribution in [1.82, 2.24) is 0 Å². The monoisotopic (exact) mass is 356 g/mol. The molecule has 21 heavy (non-hydrogen) atoms. The highest BCUT2D eigenvalue weighted by Gasteiger charge is 2.12. The van der Waals surface area contributed by atoms with Gasteiger partial charge in [0.15, 0.2) is 0 Å². The fourth-order valence-corrected chi connectivity index (χ4v) is 2.82. The van der Waals surface area contributed by atoms with Crippen molar-refractivity contribution in [3.05, 3.63) is 0 Å². The van der Waals surface area contributed by atoms with Crippen LogP contribution in [0.2, 0.25) is 0 Å². The fraction of sp³-hybridized carbons (Fsp3) is 0.929. The number of phosphoric ester groups is 1. The maximum absolute atomic E-state index is 10.4. The summed E-state index contributed by atoms with van der Waals surface area (Å²) in [6.07, 6.45) is 13.8. The topological polar surface area (TPSA) is 66.8 Å². The van der Waals surface area contributed by atoms with Gasteiger partial charge >= 0.3 is 7.82 Å². The van der Waals surface area contributed by atoms with Gasteiger partial charge in [-0.05, 0) is 19.3 Å². The molecule has 0 saturated heterocycles. The number of unbranched alkanes of at least 4 members (excludes halogenated alkanes) is 10. The second kappa shape index (κ2) is 14.2. The van der Waals surface area contributed by atoms with Crippen molar-refractivity contribution in [2.24, 2.45) is 0 Å². The average molecular weight is 356 g/mol. The van der Waals surface area contributed by atoms with Crippen molar-refractivity contribution in [1.29, 1.82) is 0 Å². The van der Waals surface area contributed by atoms with Crippen LogP contribution in [0.5, 0.6) is 0 Å². The van der Waals surface area contributed by atoms with Crippen LogP contribution in [0.15, 0.2) is 0 Å². The molecule has 0 atom stereocenters. The zero-order chi connectivity index (χ0) is 16.0. The van der Waals surface area contributed by atoms with Crippen molar-refractivity contribution in [3.8, 4) is 0 Å². The van der Waals surface area contributed by atoms with Crippen molar-refractivity contribution in [3.63, 3.8) is 0 Å². The Labute approximate surface area is 139 Å². The van der Waals surface area contributed by atoms with Crippen LogP contribution >= 0.6 is 32.7 Å². The molecule has 0 aliphatic rings. The minimum atomic E-state index is -4.26. The van der Waals surface area contributed by atoms with Crippen LogP contribution in [0.25, 0.3) is 0 Å². The molecule has 0 aliphatic carbocycles.